The molecule has 9 heteroatoms. The first-order valence-corrected chi connectivity index (χ1v) is 6.59. The van der Waals surface area contributed by atoms with Crippen LogP contribution in [0.1, 0.15) is 17.5 Å². The SMILES string of the molecule is CCOC(=O)c1cc(-c2nonc2N2CCOCC2)no1. The second-order valence-electron chi connectivity index (χ2n) is 4.33. The Morgan fingerprint density at radius 1 is 1.33 bits per heavy atom. The number of hydrogen-bond acceptors (Lipinski definition) is 9. The Balaban J connectivity index is 1.84. The lowest BCUT2D eigenvalue weighted by atomic mass is 10.2. The molecule has 0 bridgehead atoms. The summed E-state index contributed by atoms with van der Waals surface area (Å²) < 4.78 is 19.9. The van der Waals surface area contributed by atoms with Crippen LogP contribution in [0.3, 0.4) is 0 Å². The Labute approximate surface area is 119 Å². The third kappa shape index (κ3) is 2.72. The number of esters is 1. The van der Waals surface area contributed by atoms with E-state index in [1.54, 1.807) is 6.92 Å². The van der Waals surface area contributed by atoms with Crippen LogP contribution in [0.5, 0.6) is 0 Å². The van der Waals surface area contributed by atoms with Crippen molar-refractivity contribution in [2.24, 2.45) is 0 Å². The van der Waals surface area contributed by atoms with Crippen LogP contribution >= 0.6 is 0 Å². The van der Waals surface area contributed by atoms with E-state index in [0.29, 0.717) is 43.5 Å². The fourth-order valence-corrected chi connectivity index (χ4v) is 2.01. The molecular formula is C12H14N4O5. The normalized spacial score (nSPS) is 15.2. The van der Waals surface area contributed by atoms with E-state index in [4.69, 9.17) is 18.6 Å². The molecule has 0 radical (unpaired) electrons. The maximum Gasteiger partial charge on any atom is 0.377 e. The molecule has 112 valence electrons. The Morgan fingerprint density at radius 2 is 2.14 bits per heavy atom. The maximum atomic E-state index is 11.6. The van der Waals surface area contributed by atoms with Gasteiger partial charge in [0.05, 0.1) is 19.8 Å². The monoisotopic (exact) mass is 294 g/mol. The molecule has 0 aromatic carbocycles. The fraction of sp³-hybridized carbons (Fsp3) is 0.500. The maximum absolute atomic E-state index is 11.6. The van der Waals surface area contributed by atoms with Crippen LogP contribution in [0, 0.1) is 0 Å². The van der Waals surface area contributed by atoms with E-state index in [9.17, 15) is 4.79 Å². The third-order valence-corrected chi connectivity index (χ3v) is 3.01. The summed E-state index contributed by atoms with van der Waals surface area (Å²) in [6.45, 7) is 4.57. The first-order chi connectivity index (χ1) is 10.3. The summed E-state index contributed by atoms with van der Waals surface area (Å²) in [6, 6.07) is 1.46. The van der Waals surface area contributed by atoms with Crippen molar-refractivity contribution in [1.82, 2.24) is 15.5 Å². The van der Waals surface area contributed by atoms with Crippen molar-refractivity contribution in [2.75, 3.05) is 37.8 Å². The van der Waals surface area contributed by atoms with Gasteiger partial charge in [-0.3, -0.25) is 0 Å². The second-order valence-corrected chi connectivity index (χ2v) is 4.33. The third-order valence-electron chi connectivity index (χ3n) is 3.01. The topological polar surface area (TPSA) is 104 Å². The van der Waals surface area contributed by atoms with Crippen LogP contribution in [0.4, 0.5) is 5.82 Å². The first-order valence-electron chi connectivity index (χ1n) is 6.59. The van der Waals surface area contributed by atoms with Crippen molar-refractivity contribution in [1.29, 1.82) is 0 Å². The van der Waals surface area contributed by atoms with Gasteiger partial charge in [-0.25, -0.2) is 9.42 Å². The van der Waals surface area contributed by atoms with Crippen LogP contribution in [-0.4, -0.2) is 54.3 Å². The number of carbonyl (C=O) groups is 1. The predicted molar refractivity (Wildman–Crippen MR) is 68.8 cm³/mol. The minimum Gasteiger partial charge on any atom is -0.460 e. The molecule has 21 heavy (non-hydrogen) atoms. The van der Waals surface area contributed by atoms with Gasteiger partial charge in [-0.15, -0.1) is 0 Å². The molecule has 1 aliphatic heterocycles. The molecule has 1 saturated heterocycles. The number of ether oxygens (including phenoxy) is 2. The zero-order chi connectivity index (χ0) is 14.7. The molecule has 3 rings (SSSR count). The van der Waals surface area contributed by atoms with Crippen molar-refractivity contribution >= 4 is 11.8 Å². The molecule has 0 spiro atoms. The number of nitrogens with zero attached hydrogens (tertiary/aromatic N) is 4. The van der Waals surface area contributed by atoms with Gasteiger partial charge in [0.1, 0.15) is 5.69 Å². The molecule has 0 aliphatic carbocycles. The molecule has 0 atom stereocenters. The van der Waals surface area contributed by atoms with Gasteiger partial charge in [0.25, 0.3) is 0 Å². The molecule has 9 nitrogen and oxygen atoms in total. The summed E-state index contributed by atoms with van der Waals surface area (Å²) in [5.41, 5.74) is 0.803. The number of carbonyl (C=O) groups excluding carboxylic acids is 1. The number of hydrogen-bond donors (Lipinski definition) is 0. The van der Waals surface area contributed by atoms with Crippen LogP contribution < -0.4 is 4.90 Å². The molecular weight excluding hydrogens is 280 g/mol. The molecule has 2 aromatic rings. The Bertz CT molecular complexity index is 617. The zero-order valence-electron chi connectivity index (χ0n) is 11.4. The summed E-state index contributed by atoms with van der Waals surface area (Å²) >= 11 is 0. The van der Waals surface area contributed by atoms with Crippen LogP contribution in [0.25, 0.3) is 11.4 Å². The Kier molecular flexibility index (Phi) is 3.82. The van der Waals surface area contributed by atoms with Crippen LogP contribution in [0.2, 0.25) is 0 Å². The molecule has 1 fully saturated rings. The quantitative estimate of drug-likeness (QED) is 0.755. The number of anilines is 1. The molecule has 0 saturated carbocycles. The minimum absolute atomic E-state index is 0.0165. The van der Waals surface area contributed by atoms with Crippen molar-refractivity contribution in [3.8, 4) is 11.4 Å². The largest absolute Gasteiger partial charge is 0.460 e. The van der Waals surface area contributed by atoms with Gasteiger partial charge < -0.3 is 18.9 Å². The van der Waals surface area contributed by atoms with E-state index in [1.807, 2.05) is 4.90 Å². The van der Waals surface area contributed by atoms with E-state index in [-0.39, 0.29) is 12.4 Å². The van der Waals surface area contributed by atoms with Crippen molar-refractivity contribution in [2.45, 2.75) is 6.92 Å². The second kappa shape index (κ2) is 5.92. The van der Waals surface area contributed by atoms with Gasteiger partial charge >= 0.3 is 5.97 Å². The average molecular weight is 294 g/mol. The van der Waals surface area contributed by atoms with E-state index in [1.165, 1.54) is 6.07 Å². The van der Waals surface area contributed by atoms with E-state index < -0.39 is 5.97 Å². The summed E-state index contributed by atoms with van der Waals surface area (Å²) in [5.74, 6) is 0.00501. The standard InChI is InChI=1S/C12H14N4O5/c1-2-19-12(17)9-7-8(13-20-9)10-11(15-21-14-10)16-3-5-18-6-4-16/h7H,2-6H2,1H3. The van der Waals surface area contributed by atoms with Gasteiger partial charge in [0, 0.05) is 19.2 Å². The highest BCUT2D eigenvalue weighted by Crippen LogP contribution is 2.27. The van der Waals surface area contributed by atoms with Gasteiger partial charge in [-0.1, -0.05) is 5.16 Å². The van der Waals surface area contributed by atoms with E-state index in [2.05, 4.69) is 15.5 Å². The van der Waals surface area contributed by atoms with Gasteiger partial charge in [-0.05, 0) is 17.2 Å². The summed E-state index contributed by atoms with van der Waals surface area (Å²) in [6.07, 6.45) is 0. The Morgan fingerprint density at radius 3 is 2.90 bits per heavy atom. The predicted octanol–water partition coefficient (Wildman–Crippen LogP) is 0.738. The zero-order valence-corrected chi connectivity index (χ0v) is 11.4. The van der Waals surface area contributed by atoms with Crippen molar-refractivity contribution in [3.05, 3.63) is 11.8 Å². The molecule has 0 amide bonds. The van der Waals surface area contributed by atoms with Gasteiger partial charge in [0.15, 0.2) is 5.69 Å². The minimum atomic E-state index is -0.569. The van der Waals surface area contributed by atoms with Crippen molar-refractivity contribution in [3.63, 3.8) is 0 Å². The highest BCUT2D eigenvalue weighted by atomic mass is 16.6. The summed E-state index contributed by atoms with van der Waals surface area (Å²) in [5, 5.41) is 11.6. The smallest absolute Gasteiger partial charge is 0.377 e. The highest BCUT2D eigenvalue weighted by Gasteiger charge is 2.24. The average Bonchev–Trinajstić information content (AvgIpc) is 3.17. The first kappa shape index (κ1) is 13.6. The van der Waals surface area contributed by atoms with Gasteiger partial charge in [0.2, 0.25) is 11.6 Å². The van der Waals surface area contributed by atoms with Crippen LogP contribution in [-0.2, 0) is 9.47 Å². The van der Waals surface area contributed by atoms with Crippen LogP contribution in [0.15, 0.2) is 15.2 Å². The molecule has 1 aliphatic rings. The number of rotatable bonds is 4. The number of morpholine rings is 1. The summed E-state index contributed by atoms with van der Waals surface area (Å²) in [7, 11) is 0. The van der Waals surface area contributed by atoms with Gasteiger partial charge in [-0.2, -0.15) is 0 Å². The molecule has 2 aromatic heterocycles. The fourth-order valence-electron chi connectivity index (χ4n) is 2.01. The molecule has 0 unspecified atom stereocenters. The number of aromatic nitrogens is 3. The highest BCUT2D eigenvalue weighted by molar-refractivity contribution is 5.87. The van der Waals surface area contributed by atoms with Crippen molar-refractivity contribution < 1.29 is 23.4 Å². The molecule has 0 N–H and O–H groups in total. The summed E-state index contributed by atoms with van der Waals surface area (Å²) in [4.78, 5) is 13.6. The molecule has 3 heterocycles. The lowest BCUT2D eigenvalue weighted by Gasteiger charge is -2.26. The lowest BCUT2D eigenvalue weighted by Crippen LogP contribution is -2.36. The van der Waals surface area contributed by atoms with E-state index in [0.717, 1.165) is 0 Å². The Hall–Kier alpha value is -2.42. The lowest BCUT2D eigenvalue weighted by molar-refractivity contribution is 0.0480. The van der Waals surface area contributed by atoms with E-state index >= 15 is 0 Å².